The second-order valence-corrected chi connectivity index (χ2v) is 4.12. The van der Waals surface area contributed by atoms with Gasteiger partial charge in [-0.05, 0) is 18.5 Å². The Hall–Kier alpha value is -0.870. The van der Waals surface area contributed by atoms with E-state index in [1.807, 2.05) is 6.92 Å². The zero-order chi connectivity index (χ0) is 11.4. The van der Waals surface area contributed by atoms with Crippen molar-refractivity contribution in [3.05, 3.63) is 23.1 Å². The summed E-state index contributed by atoms with van der Waals surface area (Å²) >= 11 is 5.61. The molecule has 0 saturated carbocycles. The maximum absolute atomic E-state index is 13.4. The van der Waals surface area contributed by atoms with Gasteiger partial charge < -0.3 is 10.6 Å². The summed E-state index contributed by atoms with van der Waals surface area (Å²) in [6.45, 7) is 3.24. The highest BCUT2D eigenvalue weighted by Gasteiger charge is 2.11. The lowest BCUT2D eigenvalue weighted by atomic mass is 10.2. The minimum Gasteiger partial charge on any atom is -0.357 e. The van der Waals surface area contributed by atoms with Crippen molar-refractivity contribution in [2.75, 3.05) is 25.0 Å². The molecule has 0 amide bonds. The van der Waals surface area contributed by atoms with Gasteiger partial charge in [0.2, 0.25) is 0 Å². The summed E-state index contributed by atoms with van der Waals surface area (Å²) in [5, 5.41) is 0.302. The van der Waals surface area contributed by atoms with E-state index in [0.717, 1.165) is 0 Å². The van der Waals surface area contributed by atoms with E-state index in [4.69, 9.17) is 17.3 Å². The maximum atomic E-state index is 13.4. The Morgan fingerprint density at radius 1 is 1.67 bits per heavy atom. The summed E-state index contributed by atoms with van der Waals surface area (Å²) in [4.78, 5) is 5.68. The Labute approximate surface area is 94.0 Å². The maximum Gasteiger partial charge on any atom is 0.167 e. The predicted octanol–water partition coefficient (Wildman–Crippen LogP) is 1.91. The second-order valence-electron chi connectivity index (χ2n) is 3.68. The van der Waals surface area contributed by atoms with Crippen molar-refractivity contribution in [2.24, 2.45) is 11.7 Å². The van der Waals surface area contributed by atoms with Crippen LogP contribution in [0.2, 0.25) is 5.02 Å². The van der Waals surface area contributed by atoms with Gasteiger partial charge >= 0.3 is 0 Å². The van der Waals surface area contributed by atoms with Crippen molar-refractivity contribution >= 4 is 17.4 Å². The molecular formula is C10H15ClFN3. The minimum atomic E-state index is -0.408. The van der Waals surface area contributed by atoms with Gasteiger partial charge in [0.25, 0.3) is 0 Å². The number of hydrogen-bond donors (Lipinski definition) is 1. The molecule has 0 aromatic carbocycles. The Morgan fingerprint density at radius 2 is 2.33 bits per heavy atom. The topological polar surface area (TPSA) is 42.1 Å². The largest absolute Gasteiger partial charge is 0.357 e. The quantitative estimate of drug-likeness (QED) is 0.861. The van der Waals surface area contributed by atoms with Gasteiger partial charge in [0.15, 0.2) is 11.6 Å². The molecular weight excluding hydrogens is 217 g/mol. The van der Waals surface area contributed by atoms with Crippen LogP contribution >= 0.6 is 11.6 Å². The normalized spacial score (nSPS) is 12.6. The minimum absolute atomic E-state index is 0.298. The van der Waals surface area contributed by atoms with E-state index in [1.54, 1.807) is 11.9 Å². The van der Waals surface area contributed by atoms with Crippen molar-refractivity contribution in [2.45, 2.75) is 6.92 Å². The van der Waals surface area contributed by atoms with E-state index in [1.165, 1.54) is 12.3 Å². The van der Waals surface area contributed by atoms with Crippen molar-refractivity contribution in [1.82, 2.24) is 4.98 Å². The first-order valence-electron chi connectivity index (χ1n) is 4.76. The van der Waals surface area contributed by atoms with Crippen molar-refractivity contribution in [1.29, 1.82) is 0 Å². The third-order valence-corrected chi connectivity index (χ3v) is 2.34. The third kappa shape index (κ3) is 3.32. The van der Waals surface area contributed by atoms with Crippen LogP contribution in [0.1, 0.15) is 6.92 Å². The van der Waals surface area contributed by atoms with Crippen LogP contribution in [0.5, 0.6) is 0 Å². The van der Waals surface area contributed by atoms with E-state index in [2.05, 4.69) is 4.98 Å². The molecule has 2 N–H and O–H groups in total. The van der Waals surface area contributed by atoms with Crippen LogP contribution in [0.4, 0.5) is 10.2 Å². The lowest BCUT2D eigenvalue weighted by Crippen LogP contribution is -2.29. The van der Waals surface area contributed by atoms with Crippen LogP contribution in [-0.4, -0.2) is 25.1 Å². The van der Waals surface area contributed by atoms with Crippen molar-refractivity contribution in [3.8, 4) is 0 Å². The number of pyridine rings is 1. The lowest BCUT2D eigenvalue weighted by Gasteiger charge is -2.21. The summed E-state index contributed by atoms with van der Waals surface area (Å²) < 4.78 is 13.4. The molecule has 84 valence electrons. The molecule has 0 aliphatic carbocycles. The summed E-state index contributed by atoms with van der Waals surface area (Å²) in [5.41, 5.74) is 5.50. The first-order valence-corrected chi connectivity index (χ1v) is 5.14. The van der Waals surface area contributed by atoms with Crippen LogP contribution in [0.25, 0.3) is 0 Å². The van der Waals surface area contributed by atoms with E-state index >= 15 is 0 Å². The molecule has 0 saturated heterocycles. The van der Waals surface area contributed by atoms with E-state index in [9.17, 15) is 4.39 Å². The average molecular weight is 232 g/mol. The molecule has 0 spiro atoms. The van der Waals surface area contributed by atoms with Crippen LogP contribution in [0.3, 0.4) is 0 Å². The van der Waals surface area contributed by atoms with Crippen LogP contribution in [0, 0.1) is 11.7 Å². The highest BCUT2D eigenvalue weighted by atomic mass is 35.5. The molecule has 1 atom stereocenters. The van der Waals surface area contributed by atoms with Crippen LogP contribution in [0.15, 0.2) is 12.3 Å². The molecule has 0 fully saturated rings. The van der Waals surface area contributed by atoms with E-state index < -0.39 is 5.82 Å². The Bertz CT molecular complexity index is 332. The van der Waals surface area contributed by atoms with Crippen molar-refractivity contribution < 1.29 is 4.39 Å². The van der Waals surface area contributed by atoms with Gasteiger partial charge in [-0.2, -0.15) is 0 Å². The van der Waals surface area contributed by atoms with Gasteiger partial charge in [-0.25, -0.2) is 9.37 Å². The number of halogens is 2. The predicted molar refractivity (Wildman–Crippen MR) is 60.7 cm³/mol. The van der Waals surface area contributed by atoms with Gasteiger partial charge in [-0.15, -0.1) is 0 Å². The number of aromatic nitrogens is 1. The molecule has 15 heavy (non-hydrogen) atoms. The van der Waals surface area contributed by atoms with Gasteiger partial charge in [0.1, 0.15) is 0 Å². The number of rotatable bonds is 4. The first-order chi connectivity index (χ1) is 7.04. The molecule has 1 unspecified atom stereocenters. The molecule has 1 aromatic rings. The number of nitrogens with two attached hydrogens (primary N) is 1. The molecule has 0 bridgehead atoms. The molecule has 1 aromatic heterocycles. The number of hydrogen-bond acceptors (Lipinski definition) is 3. The lowest BCUT2D eigenvalue weighted by molar-refractivity contribution is 0.568. The summed E-state index contributed by atoms with van der Waals surface area (Å²) in [5.74, 6) is 0.195. The Kier molecular flexibility index (Phi) is 4.29. The third-order valence-electron chi connectivity index (χ3n) is 2.14. The highest BCUT2D eigenvalue weighted by molar-refractivity contribution is 6.30. The molecule has 1 rings (SSSR count). The van der Waals surface area contributed by atoms with Crippen LogP contribution < -0.4 is 10.6 Å². The van der Waals surface area contributed by atoms with Gasteiger partial charge in [0, 0.05) is 19.8 Å². The molecule has 1 heterocycles. The fourth-order valence-electron chi connectivity index (χ4n) is 1.32. The highest BCUT2D eigenvalue weighted by Crippen LogP contribution is 2.19. The fourth-order valence-corrected chi connectivity index (χ4v) is 1.46. The molecule has 5 heteroatoms. The standard InChI is InChI=1S/C10H15ClFN3/c1-7(4-13)6-15(2)10-9(12)3-8(11)5-14-10/h3,5,7H,4,6,13H2,1-2H3. The Balaban J connectivity index is 2.77. The molecule has 0 radical (unpaired) electrons. The van der Waals surface area contributed by atoms with E-state index in [0.29, 0.717) is 29.8 Å². The zero-order valence-electron chi connectivity index (χ0n) is 8.87. The Morgan fingerprint density at radius 3 is 2.87 bits per heavy atom. The monoisotopic (exact) mass is 231 g/mol. The number of anilines is 1. The van der Waals surface area contributed by atoms with E-state index in [-0.39, 0.29) is 0 Å². The second kappa shape index (κ2) is 5.28. The fraction of sp³-hybridized carbons (Fsp3) is 0.500. The van der Waals surface area contributed by atoms with Crippen molar-refractivity contribution in [3.63, 3.8) is 0 Å². The van der Waals surface area contributed by atoms with Gasteiger partial charge in [-0.1, -0.05) is 18.5 Å². The molecule has 3 nitrogen and oxygen atoms in total. The van der Waals surface area contributed by atoms with Gasteiger partial charge in [-0.3, -0.25) is 0 Å². The molecule has 0 aliphatic rings. The summed E-state index contributed by atoms with van der Waals surface area (Å²) in [6.07, 6.45) is 1.43. The summed E-state index contributed by atoms with van der Waals surface area (Å²) in [7, 11) is 1.78. The zero-order valence-corrected chi connectivity index (χ0v) is 9.63. The molecule has 0 aliphatic heterocycles. The number of nitrogens with zero attached hydrogens (tertiary/aromatic N) is 2. The summed E-state index contributed by atoms with van der Waals surface area (Å²) in [6, 6.07) is 1.26. The SMILES string of the molecule is CC(CN)CN(C)c1ncc(Cl)cc1F. The van der Waals surface area contributed by atoms with Gasteiger partial charge in [0.05, 0.1) is 5.02 Å². The smallest absolute Gasteiger partial charge is 0.167 e. The first kappa shape index (κ1) is 12.2. The van der Waals surface area contributed by atoms with Crippen LogP contribution in [-0.2, 0) is 0 Å². The average Bonchev–Trinajstić information content (AvgIpc) is 2.17.